The van der Waals surface area contributed by atoms with E-state index >= 15 is 0 Å². The molecule has 0 aromatic heterocycles. The van der Waals surface area contributed by atoms with E-state index in [1.54, 1.807) is 0 Å². The van der Waals surface area contributed by atoms with Crippen molar-refractivity contribution in [3.05, 3.63) is 53.1 Å². The maximum absolute atomic E-state index is 13.2. The Bertz CT molecular complexity index is 806. The molecule has 0 aliphatic heterocycles. The van der Waals surface area contributed by atoms with Crippen LogP contribution in [0, 0.1) is 0 Å². The highest BCUT2D eigenvalue weighted by atomic mass is 19.4. The van der Waals surface area contributed by atoms with Crippen molar-refractivity contribution in [1.29, 1.82) is 0 Å². The zero-order valence-electron chi connectivity index (χ0n) is 12.4. The number of hydrogen-bond acceptors (Lipinski definition) is 2. The van der Waals surface area contributed by atoms with E-state index in [1.807, 2.05) is 0 Å². The van der Waals surface area contributed by atoms with Crippen LogP contribution in [0.1, 0.15) is 16.7 Å². The fraction of sp³-hybridized carbons (Fsp3) is 0.200. The van der Waals surface area contributed by atoms with Gasteiger partial charge >= 0.3 is 18.5 Å². The maximum atomic E-state index is 13.2. The van der Waals surface area contributed by atoms with E-state index in [-0.39, 0.29) is 6.07 Å². The molecule has 2 aromatic rings. The van der Waals surface area contributed by atoms with Gasteiger partial charge in [0.05, 0.1) is 11.1 Å². The lowest BCUT2D eigenvalue weighted by atomic mass is 10.0. The summed E-state index contributed by atoms with van der Waals surface area (Å²) in [6, 6.07) is 3.57. The zero-order chi connectivity index (χ0) is 19.9. The Kier molecular flexibility index (Phi) is 4.77. The molecule has 11 heteroatoms. The zero-order valence-corrected chi connectivity index (χ0v) is 12.4. The van der Waals surface area contributed by atoms with Crippen LogP contribution < -0.4 is 10.5 Å². The summed E-state index contributed by atoms with van der Waals surface area (Å²) in [4.78, 5) is 0. The lowest BCUT2D eigenvalue weighted by molar-refractivity contribution is -0.162. The topological polar surface area (TPSA) is 35.2 Å². The highest BCUT2D eigenvalue weighted by Gasteiger charge is 2.46. The SMILES string of the molecule is Nc1cc(Oc2ccccc2C(F)(F)F)c(C(F)(F)F)c(C(F)(F)F)c1. The quantitative estimate of drug-likeness (QED) is 0.496. The molecule has 2 nitrogen and oxygen atoms in total. The van der Waals surface area contributed by atoms with Gasteiger partial charge in [-0.1, -0.05) is 12.1 Å². The number of hydrogen-bond donors (Lipinski definition) is 1. The van der Waals surface area contributed by atoms with Crippen molar-refractivity contribution in [2.45, 2.75) is 18.5 Å². The summed E-state index contributed by atoms with van der Waals surface area (Å²) >= 11 is 0. The molecule has 0 fully saturated rings. The van der Waals surface area contributed by atoms with Crippen molar-refractivity contribution >= 4 is 5.69 Å². The molecule has 2 aromatic carbocycles. The average molecular weight is 389 g/mol. The van der Waals surface area contributed by atoms with Gasteiger partial charge in [-0.15, -0.1) is 0 Å². The van der Waals surface area contributed by atoms with Gasteiger partial charge in [0.25, 0.3) is 0 Å². The number of anilines is 1. The van der Waals surface area contributed by atoms with Gasteiger partial charge in [0.1, 0.15) is 17.1 Å². The van der Waals surface area contributed by atoms with Crippen LogP contribution in [0.3, 0.4) is 0 Å². The first kappa shape index (κ1) is 19.7. The molecule has 0 aliphatic carbocycles. The van der Waals surface area contributed by atoms with E-state index in [0.717, 1.165) is 12.1 Å². The number of ether oxygens (including phenoxy) is 1. The average Bonchev–Trinajstić information content (AvgIpc) is 2.43. The molecule has 0 radical (unpaired) electrons. The van der Waals surface area contributed by atoms with Crippen LogP contribution >= 0.6 is 0 Å². The lowest BCUT2D eigenvalue weighted by Gasteiger charge is -2.21. The van der Waals surface area contributed by atoms with E-state index in [2.05, 4.69) is 4.74 Å². The molecule has 26 heavy (non-hydrogen) atoms. The molecule has 0 heterocycles. The highest BCUT2D eigenvalue weighted by molar-refractivity contribution is 5.57. The summed E-state index contributed by atoms with van der Waals surface area (Å²) in [6.45, 7) is 0. The number of nitrogens with two attached hydrogens (primary N) is 1. The molecular weight excluding hydrogens is 381 g/mol. The van der Waals surface area contributed by atoms with Crippen molar-refractivity contribution < 1.29 is 44.3 Å². The van der Waals surface area contributed by atoms with Crippen molar-refractivity contribution in [2.75, 3.05) is 5.73 Å². The Morgan fingerprint density at radius 2 is 1.19 bits per heavy atom. The number of benzene rings is 2. The summed E-state index contributed by atoms with van der Waals surface area (Å²) in [5.74, 6) is -2.58. The molecule has 0 bridgehead atoms. The van der Waals surface area contributed by atoms with E-state index in [9.17, 15) is 39.5 Å². The minimum absolute atomic E-state index is 0.0331. The largest absolute Gasteiger partial charge is 0.456 e. The van der Waals surface area contributed by atoms with Gasteiger partial charge in [0.15, 0.2) is 0 Å². The number of halogens is 9. The van der Waals surface area contributed by atoms with Crippen LogP contribution in [0.2, 0.25) is 0 Å². The monoisotopic (exact) mass is 389 g/mol. The summed E-state index contributed by atoms with van der Waals surface area (Å²) < 4.78 is 122. The molecule has 0 unspecified atom stereocenters. The van der Waals surface area contributed by atoms with Gasteiger partial charge in [0, 0.05) is 11.8 Å². The normalized spacial score (nSPS) is 13.0. The predicted molar refractivity (Wildman–Crippen MR) is 72.4 cm³/mol. The van der Waals surface area contributed by atoms with E-state index in [1.165, 1.54) is 0 Å². The Hall–Kier alpha value is -2.59. The van der Waals surface area contributed by atoms with E-state index in [4.69, 9.17) is 5.73 Å². The maximum Gasteiger partial charge on any atom is 0.420 e. The van der Waals surface area contributed by atoms with Crippen molar-refractivity contribution in [1.82, 2.24) is 0 Å². The van der Waals surface area contributed by atoms with Crippen LogP contribution in [0.5, 0.6) is 11.5 Å². The number of rotatable bonds is 2. The fourth-order valence-corrected chi connectivity index (χ4v) is 2.14. The van der Waals surface area contributed by atoms with Crippen molar-refractivity contribution in [2.24, 2.45) is 0 Å². The van der Waals surface area contributed by atoms with E-state index in [0.29, 0.717) is 18.2 Å². The first-order valence-corrected chi connectivity index (χ1v) is 6.63. The molecule has 142 valence electrons. The lowest BCUT2D eigenvalue weighted by Crippen LogP contribution is -2.18. The van der Waals surface area contributed by atoms with Gasteiger partial charge in [-0.25, -0.2) is 0 Å². The highest BCUT2D eigenvalue weighted by Crippen LogP contribution is 2.48. The third kappa shape index (κ3) is 4.14. The second kappa shape index (κ2) is 6.29. The fourth-order valence-electron chi connectivity index (χ4n) is 2.14. The van der Waals surface area contributed by atoms with Crippen LogP contribution in [0.25, 0.3) is 0 Å². The third-order valence-electron chi connectivity index (χ3n) is 3.13. The first-order chi connectivity index (χ1) is 11.7. The molecule has 0 atom stereocenters. The standard InChI is InChI=1S/C15H8F9NO/c16-13(17,18)8-3-1-2-4-10(8)26-11-6-7(25)5-9(14(19,20)21)12(11)15(22,23)24/h1-6H,25H2. The molecule has 0 spiro atoms. The van der Waals surface area contributed by atoms with Gasteiger partial charge < -0.3 is 10.5 Å². The van der Waals surface area contributed by atoms with Crippen LogP contribution in [-0.4, -0.2) is 0 Å². The van der Waals surface area contributed by atoms with Gasteiger partial charge in [-0.2, -0.15) is 39.5 Å². The first-order valence-electron chi connectivity index (χ1n) is 6.63. The second-order valence-corrected chi connectivity index (χ2v) is 5.03. The summed E-state index contributed by atoms with van der Waals surface area (Å²) in [7, 11) is 0. The predicted octanol–water partition coefficient (Wildman–Crippen LogP) is 6.12. The Labute approximate surface area is 140 Å². The minimum atomic E-state index is -5.55. The Morgan fingerprint density at radius 3 is 1.69 bits per heavy atom. The smallest absolute Gasteiger partial charge is 0.420 e. The van der Waals surface area contributed by atoms with Crippen LogP contribution in [-0.2, 0) is 18.5 Å². The van der Waals surface area contributed by atoms with Gasteiger partial charge in [-0.3, -0.25) is 0 Å². The summed E-state index contributed by atoms with van der Waals surface area (Å²) in [5.41, 5.74) is -1.47. The molecule has 0 saturated carbocycles. The molecule has 0 amide bonds. The molecular formula is C15H8F9NO. The van der Waals surface area contributed by atoms with Crippen molar-refractivity contribution in [3.63, 3.8) is 0 Å². The summed E-state index contributed by atoms with van der Waals surface area (Å²) in [6.07, 6.45) is -16.0. The molecule has 2 rings (SSSR count). The molecule has 0 aliphatic rings. The van der Waals surface area contributed by atoms with Crippen molar-refractivity contribution in [3.8, 4) is 11.5 Å². The third-order valence-corrected chi connectivity index (χ3v) is 3.13. The Morgan fingerprint density at radius 1 is 0.654 bits per heavy atom. The van der Waals surface area contributed by atoms with Crippen LogP contribution in [0.15, 0.2) is 36.4 Å². The van der Waals surface area contributed by atoms with Crippen LogP contribution in [0.4, 0.5) is 45.2 Å². The second-order valence-electron chi connectivity index (χ2n) is 5.03. The Balaban J connectivity index is 2.71. The summed E-state index contributed by atoms with van der Waals surface area (Å²) in [5, 5.41) is 0. The number of alkyl halides is 9. The number of para-hydroxylation sites is 1. The number of nitrogen functional groups attached to an aromatic ring is 1. The molecule has 2 N–H and O–H groups in total. The van der Waals surface area contributed by atoms with E-state index < -0.39 is 52.4 Å². The molecule has 0 saturated heterocycles. The van der Waals surface area contributed by atoms with Gasteiger partial charge in [-0.05, 0) is 18.2 Å². The van der Waals surface area contributed by atoms with Gasteiger partial charge in [0.2, 0.25) is 0 Å². The minimum Gasteiger partial charge on any atom is -0.456 e.